The van der Waals surface area contributed by atoms with Gasteiger partial charge in [-0.25, -0.2) is 0 Å². The van der Waals surface area contributed by atoms with Gasteiger partial charge in [-0.15, -0.1) is 0 Å². The van der Waals surface area contributed by atoms with Crippen LogP contribution < -0.4 is 34.4 Å². The van der Waals surface area contributed by atoms with E-state index in [0.717, 1.165) is 52.6 Å². The number of aromatic hydroxyl groups is 3. The van der Waals surface area contributed by atoms with Crippen molar-refractivity contribution in [1.82, 2.24) is 0 Å². The number of aliphatic imine (C=N–C) groups is 3. The van der Waals surface area contributed by atoms with E-state index in [9.17, 15) is 15.3 Å². The topological polar surface area (TPSA) is 254 Å². The Morgan fingerprint density at radius 2 is 1.07 bits per heavy atom. The van der Waals surface area contributed by atoms with Crippen molar-refractivity contribution in [1.29, 1.82) is 0 Å². The first-order chi connectivity index (χ1) is 19.8. The first-order valence-electron chi connectivity index (χ1n) is 13.3. The van der Waals surface area contributed by atoms with Gasteiger partial charge in [0.2, 0.25) is 0 Å². The molecule has 3 aromatic rings. The first kappa shape index (κ1) is 34.9. The lowest BCUT2D eigenvalue weighted by molar-refractivity contribution is 0.470. The monoisotopic (exact) mass is 579 g/mol. The molecule has 0 radical (unpaired) electrons. The van der Waals surface area contributed by atoms with Crippen LogP contribution in [0.15, 0.2) is 69.6 Å². The fourth-order valence-electron chi connectivity index (χ4n) is 3.66. The molecule has 0 atom stereocenters. The van der Waals surface area contributed by atoms with Gasteiger partial charge in [-0.1, -0.05) is 24.3 Å². The highest BCUT2D eigenvalue weighted by molar-refractivity contribution is 5.76. The number of aryl methyl sites for hydroxylation is 3. The third-order valence-electron chi connectivity index (χ3n) is 5.79. The van der Waals surface area contributed by atoms with Crippen molar-refractivity contribution < 1.29 is 15.3 Å². The van der Waals surface area contributed by atoms with Crippen LogP contribution in [0.25, 0.3) is 0 Å². The second-order valence-corrected chi connectivity index (χ2v) is 9.58. The van der Waals surface area contributed by atoms with Crippen LogP contribution in [0, 0.1) is 20.8 Å². The van der Waals surface area contributed by atoms with E-state index in [1.165, 1.54) is 0 Å². The summed E-state index contributed by atoms with van der Waals surface area (Å²) in [5.74, 6) is 1.17. The average Bonchev–Trinajstić information content (AvgIpc) is 2.88. The SMILES string of the molecule is Cc1cc(O)cc(CCN=C(N)N)c1.Cc1ccc(CCN=C(N)N)cc1O.Cc1ccc(O)cc1CCN=C(N)N. The zero-order valence-electron chi connectivity index (χ0n) is 24.6. The van der Waals surface area contributed by atoms with Crippen LogP contribution in [0.2, 0.25) is 0 Å². The van der Waals surface area contributed by atoms with Crippen LogP contribution in [0.1, 0.15) is 33.4 Å². The molecule has 0 aromatic heterocycles. The van der Waals surface area contributed by atoms with E-state index in [1.807, 2.05) is 45.0 Å². The van der Waals surface area contributed by atoms with E-state index in [-0.39, 0.29) is 29.4 Å². The van der Waals surface area contributed by atoms with Crippen molar-refractivity contribution >= 4 is 17.9 Å². The summed E-state index contributed by atoms with van der Waals surface area (Å²) < 4.78 is 0. The number of phenols is 3. The van der Waals surface area contributed by atoms with Gasteiger partial charge in [0, 0.05) is 19.6 Å². The summed E-state index contributed by atoms with van der Waals surface area (Å²) in [7, 11) is 0. The maximum atomic E-state index is 9.42. The van der Waals surface area contributed by atoms with Crippen molar-refractivity contribution in [2.24, 2.45) is 49.4 Å². The predicted molar refractivity (Wildman–Crippen MR) is 172 cm³/mol. The van der Waals surface area contributed by atoms with Crippen molar-refractivity contribution in [2.45, 2.75) is 40.0 Å². The van der Waals surface area contributed by atoms with Crippen molar-refractivity contribution in [3.8, 4) is 17.2 Å². The molecule has 12 heteroatoms. The van der Waals surface area contributed by atoms with Crippen LogP contribution in [0.3, 0.4) is 0 Å². The van der Waals surface area contributed by atoms with E-state index in [0.29, 0.717) is 25.4 Å². The average molecular weight is 580 g/mol. The van der Waals surface area contributed by atoms with Crippen molar-refractivity contribution in [3.05, 3.63) is 88.0 Å². The van der Waals surface area contributed by atoms with Gasteiger partial charge in [0.15, 0.2) is 17.9 Å². The summed E-state index contributed by atoms with van der Waals surface area (Å²) in [6, 6.07) is 16.3. The third-order valence-corrected chi connectivity index (χ3v) is 5.79. The van der Waals surface area contributed by atoms with Gasteiger partial charge in [-0.05, 0) is 104 Å². The molecule has 12 nitrogen and oxygen atoms in total. The highest BCUT2D eigenvalue weighted by Gasteiger charge is 2.00. The lowest BCUT2D eigenvalue weighted by Gasteiger charge is -2.04. The van der Waals surface area contributed by atoms with Crippen LogP contribution >= 0.6 is 0 Å². The Labute approximate surface area is 247 Å². The Kier molecular flexibility index (Phi) is 15.2. The summed E-state index contributed by atoms with van der Waals surface area (Å²) in [5, 5.41) is 28.0. The fourth-order valence-corrected chi connectivity index (χ4v) is 3.66. The molecule has 0 fully saturated rings. The summed E-state index contributed by atoms with van der Waals surface area (Å²) >= 11 is 0. The van der Waals surface area contributed by atoms with E-state index >= 15 is 0 Å². The second-order valence-electron chi connectivity index (χ2n) is 9.58. The second kappa shape index (κ2) is 18.3. The summed E-state index contributed by atoms with van der Waals surface area (Å²) in [5.41, 5.74) is 37.3. The molecule has 228 valence electrons. The molecule has 0 aliphatic rings. The van der Waals surface area contributed by atoms with Gasteiger partial charge in [-0.3, -0.25) is 15.0 Å². The minimum absolute atomic E-state index is 0.0985. The Balaban J connectivity index is 0.000000315. The Morgan fingerprint density at radius 3 is 1.60 bits per heavy atom. The number of hydrogen-bond donors (Lipinski definition) is 9. The van der Waals surface area contributed by atoms with Crippen LogP contribution in [0.4, 0.5) is 0 Å². The highest BCUT2D eigenvalue weighted by Crippen LogP contribution is 2.18. The zero-order valence-corrected chi connectivity index (χ0v) is 24.6. The third kappa shape index (κ3) is 15.5. The number of benzene rings is 3. The highest BCUT2D eigenvalue weighted by atomic mass is 16.3. The maximum Gasteiger partial charge on any atom is 0.185 e. The molecule has 0 bridgehead atoms. The lowest BCUT2D eigenvalue weighted by atomic mass is 10.1. The van der Waals surface area contributed by atoms with Gasteiger partial charge in [-0.2, -0.15) is 0 Å². The quantitative estimate of drug-likeness (QED) is 0.131. The number of nitrogens with zero attached hydrogens (tertiary/aromatic N) is 3. The molecule has 0 saturated carbocycles. The number of phenolic OH excluding ortho intramolecular Hbond substituents is 3. The molecule has 0 heterocycles. The van der Waals surface area contributed by atoms with Gasteiger partial charge >= 0.3 is 0 Å². The molecule has 0 aliphatic heterocycles. The van der Waals surface area contributed by atoms with Crippen molar-refractivity contribution in [3.63, 3.8) is 0 Å². The molecular weight excluding hydrogens is 534 g/mol. The fraction of sp³-hybridized carbons (Fsp3) is 0.300. The largest absolute Gasteiger partial charge is 0.508 e. The molecule has 0 spiro atoms. The molecule has 3 rings (SSSR count). The van der Waals surface area contributed by atoms with E-state index in [1.54, 1.807) is 30.3 Å². The number of nitrogens with two attached hydrogens (primary N) is 6. The van der Waals surface area contributed by atoms with Gasteiger partial charge in [0.25, 0.3) is 0 Å². The molecule has 0 aliphatic carbocycles. The van der Waals surface area contributed by atoms with E-state index in [2.05, 4.69) is 15.0 Å². The molecule has 0 unspecified atom stereocenters. The van der Waals surface area contributed by atoms with Crippen molar-refractivity contribution in [2.75, 3.05) is 19.6 Å². The molecule has 42 heavy (non-hydrogen) atoms. The zero-order chi connectivity index (χ0) is 31.7. The number of rotatable bonds is 9. The molecule has 3 aromatic carbocycles. The van der Waals surface area contributed by atoms with Gasteiger partial charge in [0.1, 0.15) is 17.2 Å². The van der Waals surface area contributed by atoms with Gasteiger partial charge in [0.05, 0.1) is 0 Å². The molecular formula is C30H45N9O3. The standard InChI is InChI=1S/3C10H15N3O/c1-7-4-8(6-9(14)5-7)2-3-13-10(11)12;1-7-2-3-9(14)6-8(7)4-5-13-10(11)12;1-7-2-3-8(6-9(7)14)4-5-13-10(11)12/h4-6,14H,2-3H2,1H3,(H4,11,12,13);2*2-3,6,14H,4-5H2,1H3,(H4,11,12,13). The first-order valence-corrected chi connectivity index (χ1v) is 13.3. The van der Waals surface area contributed by atoms with E-state index in [4.69, 9.17) is 34.4 Å². The van der Waals surface area contributed by atoms with Gasteiger partial charge < -0.3 is 49.7 Å². The normalized spacial score (nSPS) is 9.79. The molecule has 0 amide bonds. The molecule has 15 N–H and O–H groups in total. The smallest absolute Gasteiger partial charge is 0.185 e. The molecule has 0 saturated heterocycles. The maximum absolute atomic E-state index is 9.42. The number of hydrogen-bond acceptors (Lipinski definition) is 6. The van der Waals surface area contributed by atoms with Crippen LogP contribution in [-0.4, -0.2) is 52.8 Å². The predicted octanol–water partition coefficient (Wildman–Crippen LogP) is 1.55. The Morgan fingerprint density at radius 1 is 0.548 bits per heavy atom. The van der Waals surface area contributed by atoms with Crippen LogP contribution in [0.5, 0.6) is 17.2 Å². The van der Waals surface area contributed by atoms with E-state index < -0.39 is 0 Å². The lowest BCUT2D eigenvalue weighted by Crippen LogP contribution is -2.23. The number of guanidine groups is 3. The van der Waals surface area contributed by atoms with Crippen LogP contribution in [-0.2, 0) is 19.3 Å². The summed E-state index contributed by atoms with van der Waals surface area (Å²) in [6.07, 6.45) is 2.19. The summed E-state index contributed by atoms with van der Waals surface area (Å²) in [4.78, 5) is 11.6. The Hall–Kier alpha value is -5.13. The summed E-state index contributed by atoms with van der Waals surface area (Å²) in [6.45, 7) is 7.42. The minimum atomic E-state index is 0.0985. The minimum Gasteiger partial charge on any atom is -0.508 e. The Bertz CT molecular complexity index is 1340.